The van der Waals surface area contributed by atoms with Gasteiger partial charge in [0.05, 0.1) is 31.6 Å². The smallest absolute Gasteiger partial charge is 0.305 e. The van der Waals surface area contributed by atoms with Crippen LogP contribution in [0.5, 0.6) is 11.5 Å². The van der Waals surface area contributed by atoms with Gasteiger partial charge in [-0.3, -0.25) is 19.7 Å². The number of hydrogen-bond acceptors (Lipinski definition) is 6. The van der Waals surface area contributed by atoms with Crippen molar-refractivity contribution in [2.24, 2.45) is 0 Å². The van der Waals surface area contributed by atoms with Crippen LogP contribution in [0.3, 0.4) is 0 Å². The number of carboxylic acids is 1. The van der Waals surface area contributed by atoms with Gasteiger partial charge in [-0.25, -0.2) is 0 Å². The Hall–Kier alpha value is -3.62. The van der Waals surface area contributed by atoms with E-state index in [1.54, 1.807) is 18.2 Å². The molecule has 9 heteroatoms. The lowest BCUT2D eigenvalue weighted by Gasteiger charge is -2.21. The first-order valence-corrected chi connectivity index (χ1v) is 8.27. The Morgan fingerprint density at radius 3 is 2.50 bits per heavy atom. The molecule has 0 aliphatic rings. The number of rotatable bonds is 8. The number of carbonyl (C=O) groups excluding carboxylic acids is 1. The molecule has 0 aliphatic carbocycles. The molecular formula is C19H20N2O7. The number of hydrogen-bond donors (Lipinski definition) is 2. The largest absolute Gasteiger partial charge is 0.497 e. The summed E-state index contributed by atoms with van der Waals surface area (Å²) >= 11 is 0. The van der Waals surface area contributed by atoms with Crippen molar-refractivity contribution < 1.29 is 29.1 Å². The zero-order valence-electron chi connectivity index (χ0n) is 15.6. The van der Waals surface area contributed by atoms with Crippen LogP contribution in [0, 0.1) is 17.0 Å². The van der Waals surface area contributed by atoms with E-state index in [1.165, 1.54) is 39.3 Å². The number of ether oxygens (including phenoxy) is 2. The maximum absolute atomic E-state index is 12.7. The minimum absolute atomic E-state index is 0.0945. The van der Waals surface area contributed by atoms with Crippen LogP contribution in [0.4, 0.5) is 5.69 Å². The first kappa shape index (κ1) is 20.7. The Balaban J connectivity index is 2.41. The number of amides is 1. The minimum atomic E-state index is -1.13. The highest BCUT2D eigenvalue weighted by Crippen LogP contribution is 2.32. The first-order chi connectivity index (χ1) is 13.3. The van der Waals surface area contributed by atoms with Gasteiger partial charge in [0.25, 0.3) is 11.6 Å². The molecule has 1 atom stereocenters. The summed E-state index contributed by atoms with van der Waals surface area (Å²) in [6.45, 7) is 1.47. The standard InChI is InChI=1S/C19H20N2O7/c1-11-13(5-4-6-16(11)21(25)26)19(24)20-15(10-18(22)23)14-8-7-12(27-2)9-17(14)28-3/h4-9,15H,10H2,1-3H3,(H,20,24)(H,22,23). The Morgan fingerprint density at radius 1 is 1.21 bits per heavy atom. The second kappa shape index (κ2) is 8.85. The molecule has 0 spiro atoms. The average molecular weight is 388 g/mol. The molecule has 2 aromatic rings. The molecular weight excluding hydrogens is 368 g/mol. The number of nitro groups is 1. The quantitative estimate of drug-likeness (QED) is 0.525. The van der Waals surface area contributed by atoms with E-state index in [4.69, 9.17) is 9.47 Å². The van der Waals surface area contributed by atoms with Gasteiger partial charge in [-0.15, -0.1) is 0 Å². The second-order valence-electron chi connectivity index (χ2n) is 5.94. The number of aliphatic carboxylic acids is 1. The highest BCUT2D eigenvalue weighted by molar-refractivity contribution is 5.97. The van der Waals surface area contributed by atoms with E-state index in [1.807, 2.05) is 0 Å². The van der Waals surface area contributed by atoms with Crippen molar-refractivity contribution in [3.8, 4) is 11.5 Å². The number of benzene rings is 2. The summed E-state index contributed by atoms with van der Waals surface area (Å²) in [5.41, 5.74) is 0.546. The summed E-state index contributed by atoms with van der Waals surface area (Å²) in [5, 5.41) is 23.0. The number of nitrogens with one attached hydrogen (secondary N) is 1. The molecule has 0 aromatic heterocycles. The molecule has 0 aliphatic heterocycles. The van der Waals surface area contributed by atoms with Gasteiger partial charge in [-0.05, 0) is 25.1 Å². The van der Waals surface area contributed by atoms with Gasteiger partial charge in [0.1, 0.15) is 11.5 Å². The van der Waals surface area contributed by atoms with Gasteiger partial charge in [0.15, 0.2) is 0 Å². The van der Waals surface area contributed by atoms with Crippen LogP contribution in [0.1, 0.15) is 33.9 Å². The van der Waals surface area contributed by atoms with Crippen LogP contribution in [0.25, 0.3) is 0 Å². The van der Waals surface area contributed by atoms with Gasteiger partial charge in [-0.2, -0.15) is 0 Å². The molecule has 9 nitrogen and oxygen atoms in total. The molecule has 2 aromatic carbocycles. The lowest BCUT2D eigenvalue weighted by atomic mass is 10.0. The van der Waals surface area contributed by atoms with E-state index in [9.17, 15) is 24.8 Å². The Kier molecular flexibility index (Phi) is 6.54. The zero-order chi connectivity index (χ0) is 20.8. The van der Waals surface area contributed by atoms with Crippen LogP contribution in [0.15, 0.2) is 36.4 Å². The minimum Gasteiger partial charge on any atom is -0.497 e. The van der Waals surface area contributed by atoms with Crippen LogP contribution in [0.2, 0.25) is 0 Å². The maximum Gasteiger partial charge on any atom is 0.305 e. The Labute approximate surface area is 161 Å². The van der Waals surface area contributed by atoms with Crippen molar-refractivity contribution in [2.75, 3.05) is 14.2 Å². The van der Waals surface area contributed by atoms with Crippen LogP contribution < -0.4 is 14.8 Å². The van der Waals surface area contributed by atoms with E-state index in [-0.39, 0.29) is 16.8 Å². The van der Waals surface area contributed by atoms with Crippen LogP contribution in [-0.2, 0) is 4.79 Å². The van der Waals surface area contributed by atoms with Crippen LogP contribution in [-0.4, -0.2) is 36.1 Å². The fourth-order valence-corrected chi connectivity index (χ4v) is 2.82. The van der Waals surface area contributed by atoms with Gasteiger partial charge >= 0.3 is 5.97 Å². The summed E-state index contributed by atoms with van der Waals surface area (Å²) < 4.78 is 10.4. The van der Waals surface area contributed by atoms with E-state index < -0.39 is 29.3 Å². The second-order valence-corrected chi connectivity index (χ2v) is 5.94. The number of carboxylic acid groups (broad SMARTS) is 1. The number of nitrogens with zero attached hydrogens (tertiary/aromatic N) is 1. The Morgan fingerprint density at radius 2 is 1.93 bits per heavy atom. The van der Waals surface area contributed by atoms with Crippen molar-refractivity contribution in [1.82, 2.24) is 5.32 Å². The van der Waals surface area contributed by atoms with E-state index in [0.29, 0.717) is 17.1 Å². The van der Waals surface area contributed by atoms with Crippen LogP contribution >= 0.6 is 0 Å². The molecule has 1 amide bonds. The van der Waals surface area contributed by atoms with Crippen molar-refractivity contribution in [3.05, 3.63) is 63.2 Å². The molecule has 2 rings (SSSR count). The highest BCUT2D eigenvalue weighted by atomic mass is 16.6. The number of carbonyl (C=O) groups is 2. The predicted octanol–water partition coefficient (Wildman–Crippen LogP) is 2.87. The highest BCUT2D eigenvalue weighted by Gasteiger charge is 2.25. The van der Waals surface area contributed by atoms with Crippen molar-refractivity contribution >= 4 is 17.6 Å². The Bertz CT molecular complexity index is 911. The monoisotopic (exact) mass is 388 g/mol. The van der Waals surface area contributed by atoms with Gasteiger partial charge < -0.3 is 19.9 Å². The topological polar surface area (TPSA) is 128 Å². The molecule has 28 heavy (non-hydrogen) atoms. The summed E-state index contributed by atoms with van der Waals surface area (Å²) in [6, 6.07) is 8.04. The van der Waals surface area contributed by atoms with Crippen molar-refractivity contribution in [3.63, 3.8) is 0 Å². The fraction of sp³-hybridized carbons (Fsp3) is 0.263. The molecule has 2 N–H and O–H groups in total. The maximum atomic E-state index is 12.7. The zero-order valence-corrected chi connectivity index (χ0v) is 15.6. The molecule has 0 fully saturated rings. The summed E-state index contributed by atoms with van der Waals surface area (Å²) in [5.74, 6) is -0.888. The first-order valence-electron chi connectivity index (χ1n) is 8.27. The SMILES string of the molecule is COc1ccc(C(CC(=O)O)NC(=O)c2cccc([N+](=O)[O-])c2C)c(OC)c1. The van der Waals surface area contributed by atoms with E-state index >= 15 is 0 Å². The summed E-state index contributed by atoms with van der Waals surface area (Å²) in [6.07, 6.45) is -0.400. The van der Waals surface area contributed by atoms with Crippen molar-refractivity contribution in [2.45, 2.75) is 19.4 Å². The number of methoxy groups -OCH3 is 2. The van der Waals surface area contributed by atoms with E-state index in [2.05, 4.69) is 5.32 Å². The van der Waals surface area contributed by atoms with Gasteiger partial charge in [0.2, 0.25) is 0 Å². The lowest BCUT2D eigenvalue weighted by Crippen LogP contribution is -2.31. The van der Waals surface area contributed by atoms with E-state index in [0.717, 1.165) is 0 Å². The molecule has 0 heterocycles. The molecule has 0 saturated heterocycles. The van der Waals surface area contributed by atoms with Gasteiger partial charge in [-0.1, -0.05) is 6.07 Å². The normalized spacial score (nSPS) is 11.4. The van der Waals surface area contributed by atoms with Crippen molar-refractivity contribution in [1.29, 1.82) is 0 Å². The summed E-state index contributed by atoms with van der Waals surface area (Å²) in [7, 11) is 2.90. The average Bonchev–Trinajstić information content (AvgIpc) is 2.66. The lowest BCUT2D eigenvalue weighted by molar-refractivity contribution is -0.385. The molecule has 1 unspecified atom stereocenters. The molecule has 0 radical (unpaired) electrons. The van der Waals surface area contributed by atoms with Gasteiger partial charge in [0, 0.05) is 28.8 Å². The predicted molar refractivity (Wildman–Crippen MR) is 99.8 cm³/mol. The molecule has 0 saturated carbocycles. The molecule has 148 valence electrons. The third-order valence-electron chi connectivity index (χ3n) is 4.25. The summed E-state index contributed by atoms with van der Waals surface area (Å²) in [4.78, 5) is 34.6. The third kappa shape index (κ3) is 4.56. The number of nitro benzene ring substituents is 1. The molecule has 0 bridgehead atoms. The fourth-order valence-electron chi connectivity index (χ4n) is 2.82. The third-order valence-corrected chi connectivity index (χ3v) is 4.25.